The molecule has 18 heavy (non-hydrogen) atoms. The first-order valence-corrected chi connectivity index (χ1v) is 5.41. The van der Waals surface area contributed by atoms with Gasteiger partial charge in [0.05, 0.1) is 6.20 Å². The second-order valence-corrected chi connectivity index (χ2v) is 3.89. The third-order valence-corrected chi connectivity index (χ3v) is 2.52. The molecule has 2 aromatic rings. The molecule has 2 rings (SSSR count). The molecule has 0 saturated heterocycles. The fraction of sp³-hybridized carbons (Fsp3) is 0.154. The predicted octanol–water partition coefficient (Wildman–Crippen LogP) is 2.44. The molecule has 0 unspecified atom stereocenters. The summed E-state index contributed by atoms with van der Waals surface area (Å²) in [6.07, 6.45) is 1.36. The minimum atomic E-state index is -0.311. The Morgan fingerprint density at radius 1 is 1.33 bits per heavy atom. The van der Waals surface area contributed by atoms with Crippen molar-refractivity contribution in [2.75, 3.05) is 5.32 Å². The summed E-state index contributed by atoms with van der Waals surface area (Å²) in [4.78, 5) is 23.1. The molecule has 5 nitrogen and oxygen atoms in total. The Morgan fingerprint density at radius 3 is 2.72 bits per heavy atom. The monoisotopic (exact) mass is 244 g/mol. The number of nitrogens with zero attached hydrogens (tertiary/aromatic N) is 1. The topological polar surface area (TPSA) is 72.2 Å². The molecule has 92 valence electrons. The molecular formula is C13H12N2O3. The van der Waals surface area contributed by atoms with Crippen molar-refractivity contribution in [2.24, 2.45) is 0 Å². The summed E-state index contributed by atoms with van der Waals surface area (Å²) in [5.41, 5.74) is 1.49. The molecule has 0 radical (unpaired) electrons. The molecule has 1 aromatic carbocycles. The fourth-order valence-electron chi connectivity index (χ4n) is 1.53. The van der Waals surface area contributed by atoms with Crippen LogP contribution in [0.4, 0.5) is 5.69 Å². The van der Waals surface area contributed by atoms with Gasteiger partial charge in [0, 0.05) is 11.3 Å². The molecule has 5 heteroatoms. The lowest BCUT2D eigenvalue weighted by Gasteiger charge is -2.05. The molecule has 1 aromatic heterocycles. The number of carbonyl (C=O) groups excluding carboxylic acids is 2. The van der Waals surface area contributed by atoms with Crippen LogP contribution in [0.25, 0.3) is 0 Å². The highest BCUT2D eigenvalue weighted by molar-refractivity contribution is 6.05. The third-order valence-electron chi connectivity index (χ3n) is 2.52. The average molecular weight is 244 g/mol. The summed E-state index contributed by atoms with van der Waals surface area (Å²) in [6, 6.07) is 6.76. The highest BCUT2D eigenvalue weighted by Gasteiger charge is 2.13. The summed E-state index contributed by atoms with van der Waals surface area (Å²) < 4.78 is 4.82. The van der Waals surface area contributed by atoms with Gasteiger partial charge in [-0.25, -0.2) is 0 Å². The molecule has 0 atom stereocenters. The fourth-order valence-corrected chi connectivity index (χ4v) is 1.53. The minimum absolute atomic E-state index is 0.0488. The molecule has 0 aliphatic rings. The molecule has 0 spiro atoms. The molecular weight excluding hydrogens is 232 g/mol. The van der Waals surface area contributed by atoms with Crippen molar-refractivity contribution < 1.29 is 14.1 Å². The van der Waals surface area contributed by atoms with E-state index >= 15 is 0 Å². The number of aryl methyl sites for hydroxylation is 1. The lowest BCUT2D eigenvalue weighted by molar-refractivity contribution is 0.101. The predicted molar refractivity (Wildman–Crippen MR) is 65.6 cm³/mol. The number of carbonyl (C=O) groups is 2. The van der Waals surface area contributed by atoms with E-state index in [1.54, 1.807) is 31.2 Å². The van der Waals surface area contributed by atoms with E-state index in [0.717, 1.165) is 0 Å². The van der Waals surface area contributed by atoms with Crippen LogP contribution < -0.4 is 5.32 Å². The van der Waals surface area contributed by atoms with Gasteiger partial charge in [0.2, 0.25) is 0 Å². The van der Waals surface area contributed by atoms with E-state index in [9.17, 15) is 9.59 Å². The Balaban J connectivity index is 2.20. The van der Waals surface area contributed by atoms with Crippen LogP contribution in [0.5, 0.6) is 0 Å². The van der Waals surface area contributed by atoms with E-state index in [1.807, 2.05) is 0 Å². The van der Waals surface area contributed by atoms with Gasteiger partial charge in [0.25, 0.3) is 5.91 Å². The minimum Gasteiger partial charge on any atom is -0.361 e. The highest BCUT2D eigenvalue weighted by atomic mass is 16.5. The Labute approximate surface area is 104 Å². The van der Waals surface area contributed by atoms with Crippen LogP contribution in [0.2, 0.25) is 0 Å². The van der Waals surface area contributed by atoms with Crippen molar-refractivity contribution >= 4 is 17.4 Å². The second kappa shape index (κ2) is 4.83. The van der Waals surface area contributed by atoms with E-state index in [4.69, 9.17) is 4.52 Å². The Kier molecular flexibility index (Phi) is 3.23. The maximum absolute atomic E-state index is 11.9. The highest BCUT2D eigenvalue weighted by Crippen LogP contribution is 2.14. The quantitative estimate of drug-likeness (QED) is 0.841. The van der Waals surface area contributed by atoms with Crippen LogP contribution in [-0.2, 0) is 0 Å². The largest absolute Gasteiger partial charge is 0.361 e. The van der Waals surface area contributed by atoms with Gasteiger partial charge in [-0.2, -0.15) is 0 Å². The molecule has 0 aliphatic heterocycles. The molecule has 0 saturated carbocycles. The second-order valence-electron chi connectivity index (χ2n) is 3.89. The van der Waals surface area contributed by atoms with Gasteiger partial charge in [0.1, 0.15) is 11.3 Å². The van der Waals surface area contributed by atoms with Crippen LogP contribution in [0, 0.1) is 6.92 Å². The SMILES string of the molecule is CC(=O)c1cccc(NC(=O)c2cnoc2C)c1. The zero-order valence-corrected chi connectivity index (χ0v) is 10.1. The molecule has 1 N–H and O–H groups in total. The number of aromatic nitrogens is 1. The number of rotatable bonds is 3. The van der Waals surface area contributed by atoms with E-state index in [-0.39, 0.29) is 11.7 Å². The van der Waals surface area contributed by atoms with Crippen molar-refractivity contribution in [1.82, 2.24) is 5.16 Å². The van der Waals surface area contributed by atoms with E-state index in [1.165, 1.54) is 13.1 Å². The molecule has 0 fully saturated rings. The first-order chi connectivity index (χ1) is 8.58. The Morgan fingerprint density at radius 2 is 2.11 bits per heavy atom. The van der Waals surface area contributed by atoms with Crippen LogP contribution in [0.3, 0.4) is 0 Å². The van der Waals surface area contributed by atoms with Crippen molar-refractivity contribution in [3.8, 4) is 0 Å². The lowest BCUT2D eigenvalue weighted by atomic mass is 10.1. The summed E-state index contributed by atoms with van der Waals surface area (Å²) in [5.74, 6) is 0.0944. The molecule has 1 amide bonds. The summed E-state index contributed by atoms with van der Waals surface area (Å²) in [7, 11) is 0. The first-order valence-electron chi connectivity index (χ1n) is 5.41. The van der Waals surface area contributed by atoms with Crippen molar-refractivity contribution in [1.29, 1.82) is 0 Å². The number of anilines is 1. The van der Waals surface area contributed by atoms with Crippen LogP contribution in [-0.4, -0.2) is 16.8 Å². The van der Waals surface area contributed by atoms with Crippen molar-refractivity contribution in [3.05, 3.63) is 47.3 Å². The number of Topliss-reactive ketones (excluding diaryl/α,β-unsaturated/α-hetero) is 1. The van der Waals surface area contributed by atoms with Gasteiger partial charge in [-0.1, -0.05) is 17.3 Å². The number of nitrogens with one attached hydrogen (secondary N) is 1. The summed E-state index contributed by atoms with van der Waals surface area (Å²) in [6.45, 7) is 3.14. The van der Waals surface area contributed by atoms with Gasteiger partial charge >= 0.3 is 0 Å². The number of benzene rings is 1. The van der Waals surface area contributed by atoms with Crippen molar-refractivity contribution in [2.45, 2.75) is 13.8 Å². The Hall–Kier alpha value is -2.43. The number of amides is 1. The Bertz CT molecular complexity index is 602. The zero-order chi connectivity index (χ0) is 13.1. The maximum Gasteiger partial charge on any atom is 0.260 e. The smallest absolute Gasteiger partial charge is 0.260 e. The molecule has 0 aliphatic carbocycles. The van der Waals surface area contributed by atoms with Crippen LogP contribution >= 0.6 is 0 Å². The summed E-state index contributed by atoms with van der Waals surface area (Å²) in [5, 5.41) is 6.23. The number of hydrogen-bond donors (Lipinski definition) is 1. The van der Waals surface area contributed by atoms with E-state index in [0.29, 0.717) is 22.6 Å². The van der Waals surface area contributed by atoms with Gasteiger partial charge in [0.15, 0.2) is 5.78 Å². The third kappa shape index (κ3) is 2.45. The van der Waals surface area contributed by atoms with Gasteiger partial charge in [-0.05, 0) is 26.0 Å². The number of hydrogen-bond acceptors (Lipinski definition) is 4. The van der Waals surface area contributed by atoms with Crippen molar-refractivity contribution in [3.63, 3.8) is 0 Å². The van der Waals surface area contributed by atoms with E-state index in [2.05, 4.69) is 10.5 Å². The first kappa shape index (κ1) is 12.0. The maximum atomic E-state index is 11.9. The van der Waals surface area contributed by atoms with Crippen LogP contribution in [0.15, 0.2) is 35.0 Å². The van der Waals surface area contributed by atoms with Gasteiger partial charge in [-0.3, -0.25) is 9.59 Å². The number of ketones is 1. The van der Waals surface area contributed by atoms with Gasteiger partial charge in [-0.15, -0.1) is 0 Å². The van der Waals surface area contributed by atoms with Gasteiger partial charge < -0.3 is 9.84 Å². The average Bonchev–Trinajstić information content (AvgIpc) is 2.76. The molecule has 0 bridgehead atoms. The standard InChI is InChI=1S/C13H12N2O3/c1-8(16)10-4-3-5-11(6-10)15-13(17)12-7-14-18-9(12)2/h3-7H,1-2H3,(H,15,17). The molecule has 1 heterocycles. The summed E-state index contributed by atoms with van der Waals surface area (Å²) >= 11 is 0. The zero-order valence-electron chi connectivity index (χ0n) is 10.1. The normalized spacial score (nSPS) is 10.1. The van der Waals surface area contributed by atoms with Crippen LogP contribution in [0.1, 0.15) is 33.4 Å². The lowest BCUT2D eigenvalue weighted by Crippen LogP contribution is -2.12. The van der Waals surface area contributed by atoms with E-state index < -0.39 is 0 Å².